The molecule has 0 bridgehead atoms. The van der Waals surface area contributed by atoms with Crippen LogP contribution < -0.4 is 5.32 Å². The summed E-state index contributed by atoms with van der Waals surface area (Å²) in [5.41, 5.74) is -1.91. The maximum Gasteiger partial charge on any atom is 0.311 e. The molecule has 42 heavy (non-hydrogen) atoms. The normalized spacial score (nSPS) is 25.4. The van der Waals surface area contributed by atoms with E-state index in [0.29, 0.717) is 6.42 Å². The van der Waals surface area contributed by atoms with Crippen LogP contribution in [0.15, 0.2) is 84.9 Å². The Bertz CT molecular complexity index is 1430. The van der Waals surface area contributed by atoms with Crippen molar-refractivity contribution in [1.82, 2.24) is 5.32 Å². The third-order valence-electron chi connectivity index (χ3n) is 9.22. The fourth-order valence-corrected chi connectivity index (χ4v) is 7.18. The Morgan fingerprint density at radius 2 is 1.36 bits per heavy atom. The number of benzene rings is 3. The van der Waals surface area contributed by atoms with Crippen LogP contribution in [0.5, 0.6) is 0 Å². The van der Waals surface area contributed by atoms with Crippen molar-refractivity contribution in [1.29, 1.82) is 5.26 Å². The smallest absolute Gasteiger partial charge is 0.311 e. The van der Waals surface area contributed by atoms with Crippen molar-refractivity contribution in [3.05, 3.63) is 112 Å². The number of nitrogens with zero attached hydrogens (tertiary/aromatic N) is 2. The predicted octanol–water partition coefficient (Wildman–Crippen LogP) is 6.12. The number of nitriles is 1. The lowest BCUT2D eigenvalue weighted by Crippen LogP contribution is -2.69. The Morgan fingerprint density at radius 1 is 0.881 bits per heavy atom. The van der Waals surface area contributed by atoms with E-state index in [0.717, 1.165) is 11.1 Å². The van der Waals surface area contributed by atoms with Crippen molar-refractivity contribution in [2.24, 2.45) is 10.8 Å². The van der Waals surface area contributed by atoms with Crippen molar-refractivity contribution in [3.8, 4) is 6.07 Å². The number of nitro benzene ring substituents is 1. The van der Waals surface area contributed by atoms with E-state index in [9.17, 15) is 35.2 Å². The van der Waals surface area contributed by atoms with Gasteiger partial charge in [-0.3, -0.25) is 19.7 Å². The molecule has 5 unspecified atom stereocenters. The minimum atomic E-state index is -1.82. The molecule has 0 saturated carbocycles. The van der Waals surface area contributed by atoms with E-state index < -0.39 is 45.7 Å². The van der Waals surface area contributed by atoms with Gasteiger partial charge in [0.2, 0.25) is 0 Å². The molecule has 0 spiro atoms. The minimum absolute atomic E-state index is 0.0238. The van der Waals surface area contributed by atoms with Crippen molar-refractivity contribution in [3.63, 3.8) is 0 Å². The first kappa shape index (κ1) is 30.4. The first-order chi connectivity index (χ1) is 20.1. The summed E-state index contributed by atoms with van der Waals surface area (Å²) >= 11 is 0. The number of carboxylic acids is 2. The fourth-order valence-electron chi connectivity index (χ4n) is 7.18. The summed E-state index contributed by atoms with van der Waals surface area (Å²) in [5.74, 6) is -4.05. The zero-order chi connectivity index (χ0) is 30.5. The molecule has 9 heteroatoms. The number of carbonyl (C=O) groups is 2. The molecule has 3 N–H and O–H groups in total. The quantitative estimate of drug-likeness (QED) is 0.184. The second-order valence-electron chi connectivity index (χ2n) is 11.1. The summed E-state index contributed by atoms with van der Waals surface area (Å²) in [6, 6.07) is 25.7. The number of hydrogen-bond acceptors (Lipinski definition) is 6. The number of nitro groups is 1. The van der Waals surface area contributed by atoms with Gasteiger partial charge in [-0.15, -0.1) is 0 Å². The Morgan fingerprint density at radius 3 is 1.83 bits per heavy atom. The lowest BCUT2D eigenvalue weighted by atomic mass is 9.49. The zero-order valence-corrected chi connectivity index (χ0v) is 23.6. The first-order valence-corrected chi connectivity index (χ1v) is 14.0. The van der Waals surface area contributed by atoms with Gasteiger partial charge >= 0.3 is 11.9 Å². The highest BCUT2D eigenvalue weighted by molar-refractivity contribution is 5.84. The molecule has 1 aliphatic rings. The molecule has 1 heterocycles. The monoisotopic (exact) mass is 569 g/mol. The highest BCUT2D eigenvalue weighted by atomic mass is 16.6. The first-order valence-electron chi connectivity index (χ1n) is 14.0. The molecule has 1 fully saturated rings. The van der Waals surface area contributed by atoms with Gasteiger partial charge in [0.1, 0.15) is 0 Å². The van der Waals surface area contributed by atoms with Gasteiger partial charge in [-0.05, 0) is 44.2 Å². The standard InChI is InChI=1S/C33H35N3O6/c1-22-32(30(37)38,19-11-21-34)29(27-16-9-10-17-28(27)36(41)42)33(31(39)40,23(2)35-22)20-18-26(24-12-5-3-6-13-24)25-14-7-4-8-15-25/h3-10,12-17,22-23,26,29,35H,11,18-20H2,1-2H3,(H,37,38)(H,39,40). The molecule has 1 aliphatic heterocycles. The summed E-state index contributed by atoms with van der Waals surface area (Å²) in [7, 11) is 0. The topological polar surface area (TPSA) is 154 Å². The molecule has 4 rings (SSSR count). The number of hydrogen-bond donors (Lipinski definition) is 3. The molecule has 0 aromatic heterocycles. The SMILES string of the molecule is CC1NC(C)C(CCC(c2ccccc2)c2ccccc2)(C(=O)O)C(c2ccccc2[N+](=O)[O-])C1(CCC#N)C(=O)O. The van der Waals surface area contributed by atoms with Crippen LogP contribution in [0.25, 0.3) is 0 Å². The lowest BCUT2D eigenvalue weighted by molar-refractivity contribution is -0.386. The van der Waals surface area contributed by atoms with Gasteiger partial charge in [-0.25, -0.2) is 0 Å². The molecule has 5 atom stereocenters. The maximum absolute atomic E-state index is 13.7. The summed E-state index contributed by atoms with van der Waals surface area (Å²) in [4.78, 5) is 38.7. The molecular formula is C33H35N3O6. The summed E-state index contributed by atoms with van der Waals surface area (Å²) < 4.78 is 0. The Balaban J connectivity index is 1.98. The highest BCUT2D eigenvalue weighted by Crippen LogP contribution is 2.61. The number of para-hydroxylation sites is 1. The Hall–Kier alpha value is -4.55. The second kappa shape index (κ2) is 12.5. The third kappa shape index (κ3) is 5.26. The van der Waals surface area contributed by atoms with Crippen LogP contribution in [0.1, 0.15) is 68.1 Å². The minimum Gasteiger partial charge on any atom is -0.481 e. The Kier molecular flexibility index (Phi) is 9.08. The van der Waals surface area contributed by atoms with Crippen LogP contribution in [0, 0.1) is 32.3 Å². The van der Waals surface area contributed by atoms with Gasteiger partial charge in [0, 0.05) is 42.0 Å². The van der Waals surface area contributed by atoms with Gasteiger partial charge in [-0.1, -0.05) is 78.9 Å². The number of rotatable bonds is 11. The molecule has 0 aliphatic carbocycles. The molecule has 3 aromatic carbocycles. The zero-order valence-electron chi connectivity index (χ0n) is 23.6. The van der Waals surface area contributed by atoms with Gasteiger partial charge in [0.25, 0.3) is 5.69 Å². The summed E-state index contributed by atoms with van der Waals surface area (Å²) in [5, 5.41) is 47.0. The molecular weight excluding hydrogens is 534 g/mol. The number of nitrogens with one attached hydrogen (secondary N) is 1. The van der Waals surface area contributed by atoms with E-state index >= 15 is 0 Å². The predicted molar refractivity (Wildman–Crippen MR) is 157 cm³/mol. The van der Waals surface area contributed by atoms with E-state index in [-0.39, 0.29) is 36.4 Å². The molecule has 0 radical (unpaired) electrons. The second-order valence-corrected chi connectivity index (χ2v) is 11.1. The molecule has 3 aromatic rings. The van der Waals surface area contributed by atoms with Crippen molar-refractivity contribution >= 4 is 17.6 Å². The van der Waals surface area contributed by atoms with Gasteiger partial charge < -0.3 is 15.5 Å². The van der Waals surface area contributed by atoms with Crippen LogP contribution >= 0.6 is 0 Å². The average Bonchev–Trinajstić information content (AvgIpc) is 2.98. The largest absolute Gasteiger partial charge is 0.481 e. The van der Waals surface area contributed by atoms with Crippen LogP contribution in [-0.4, -0.2) is 39.2 Å². The van der Waals surface area contributed by atoms with E-state index in [1.54, 1.807) is 19.9 Å². The lowest BCUT2D eigenvalue weighted by Gasteiger charge is -2.57. The van der Waals surface area contributed by atoms with Gasteiger partial charge in [0.05, 0.1) is 21.8 Å². The third-order valence-corrected chi connectivity index (χ3v) is 9.22. The van der Waals surface area contributed by atoms with Crippen LogP contribution in [0.3, 0.4) is 0 Å². The maximum atomic E-state index is 13.7. The molecule has 9 nitrogen and oxygen atoms in total. The number of piperidine rings is 1. The van der Waals surface area contributed by atoms with E-state index in [2.05, 4.69) is 5.32 Å². The Labute approximate surface area is 245 Å². The number of carboxylic acid groups (broad SMARTS) is 2. The van der Waals surface area contributed by atoms with E-state index in [4.69, 9.17) is 0 Å². The van der Waals surface area contributed by atoms with Crippen LogP contribution in [-0.2, 0) is 9.59 Å². The van der Waals surface area contributed by atoms with Gasteiger partial charge in [0.15, 0.2) is 0 Å². The van der Waals surface area contributed by atoms with Crippen LogP contribution in [0.4, 0.5) is 5.69 Å². The van der Waals surface area contributed by atoms with Gasteiger partial charge in [-0.2, -0.15) is 5.26 Å². The van der Waals surface area contributed by atoms with E-state index in [1.165, 1.54) is 18.2 Å². The summed E-state index contributed by atoms with van der Waals surface area (Å²) in [6.45, 7) is 3.37. The molecule has 0 amide bonds. The van der Waals surface area contributed by atoms with E-state index in [1.807, 2.05) is 66.7 Å². The van der Waals surface area contributed by atoms with Crippen LogP contribution in [0.2, 0.25) is 0 Å². The molecule has 218 valence electrons. The molecule has 1 saturated heterocycles. The average molecular weight is 570 g/mol. The van der Waals surface area contributed by atoms with Crippen molar-refractivity contribution in [2.75, 3.05) is 0 Å². The summed E-state index contributed by atoms with van der Waals surface area (Å²) in [6.07, 6.45) is 0.0320. The highest BCUT2D eigenvalue weighted by Gasteiger charge is 2.67. The fraction of sp³-hybridized carbons (Fsp3) is 0.364. The number of aliphatic carboxylic acids is 2. The van der Waals surface area contributed by atoms with Crippen molar-refractivity contribution in [2.45, 2.75) is 63.5 Å². The van der Waals surface area contributed by atoms with Crippen molar-refractivity contribution < 1.29 is 24.7 Å².